The molecule has 1 aromatic rings. The number of benzene rings is 1. The van der Waals surface area contributed by atoms with E-state index in [0.29, 0.717) is 0 Å². The van der Waals surface area contributed by atoms with E-state index in [9.17, 15) is 13.2 Å². The molecule has 0 saturated carbocycles. The van der Waals surface area contributed by atoms with Gasteiger partial charge in [-0.1, -0.05) is 11.6 Å². The summed E-state index contributed by atoms with van der Waals surface area (Å²) in [6, 6.07) is 3.52. The van der Waals surface area contributed by atoms with Gasteiger partial charge in [-0.25, -0.2) is 0 Å². The largest absolute Gasteiger partial charge is 0.417 e. The van der Waals surface area contributed by atoms with E-state index in [1.165, 1.54) is 0 Å². The highest BCUT2D eigenvalue weighted by Crippen LogP contribution is 2.36. The summed E-state index contributed by atoms with van der Waals surface area (Å²) >= 11 is 5.41. The fraction of sp³-hybridized carbons (Fsp3) is 0.222. The fourth-order valence-corrected chi connectivity index (χ4v) is 1.38. The van der Waals surface area contributed by atoms with Gasteiger partial charge in [-0.2, -0.15) is 18.4 Å². The number of nitrogens with zero attached hydrogens (tertiary/aromatic N) is 1. The summed E-state index contributed by atoms with van der Waals surface area (Å²) in [5.41, 5.74) is 4.46. The first kappa shape index (κ1) is 11.8. The molecule has 0 unspecified atom stereocenters. The van der Waals surface area contributed by atoms with Crippen molar-refractivity contribution in [2.45, 2.75) is 12.7 Å². The molecule has 0 aliphatic rings. The van der Waals surface area contributed by atoms with Crippen molar-refractivity contribution < 1.29 is 13.2 Å². The summed E-state index contributed by atoms with van der Waals surface area (Å²) < 4.78 is 37.2. The van der Waals surface area contributed by atoms with Crippen LogP contribution in [0.25, 0.3) is 0 Å². The minimum atomic E-state index is -4.53. The van der Waals surface area contributed by atoms with Crippen molar-refractivity contribution in [2.24, 2.45) is 5.73 Å². The molecule has 0 aliphatic carbocycles. The number of rotatable bonds is 1. The first-order chi connectivity index (χ1) is 6.90. The van der Waals surface area contributed by atoms with Crippen LogP contribution in [-0.2, 0) is 12.7 Å². The zero-order valence-corrected chi connectivity index (χ0v) is 8.15. The maximum Gasteiger partial charge on any atom is 0.417 e. The van der Waals surface area contributed by atoms with Crippen LogP contribution in [0.4, 0.5) is 13.2 Å². The lowest BCUT2D eigenvalue weighted by Crippen LogP contribution is -2.09. The van der Waals surface area contributed by atoms with Crippen molar-refractivity contribution in [2.75, 3.05) is 0 Å². The number of nitriles is 1. The summed E-state index contributed by atoms with van der Waals surface area (Å²) in [6.07, 6.45) is -4.53. The van der Waals surface area contributed by atoms with Crippen molar-refractivity contribution in [3.8, 4) is 6.07 Å². The van der Waals surface area contributed by atoms with Crippen LogP contribution < -0.4 is 5.73 Å². The van der Waals surface area contributed by atoms with Gasteiger partial charge in [0.2, 0.25) is 0 Å². The van der Waals surface area contributed by atoms with Crippen molar-refractivity contribution in [3.63, 3.8) is 0 Å². The van der Waals surface area contributed by atoms with Crippen LogP contribution in [-0.4, -0.2) is 0 Å². The molecule has 80 valence electrons. The molecule has 0 spiro atoms. The molecule has 1 aromatic carbocycles. The molecular weight excluding hydrogens is 229 g/mol. The Morgan fingerprint density at radius 2 is 2.00 bits per heavy atom. The van der Waals surface area contributed by atoms with Crippen LogP contribution in [0.5, 0.6) is 0 Å². The fourth-order valence-electron chi connectivity index (χ4n) is 1.11. The molecule has 6 heteroatoms. The van der Waals surface area contributed by atoms with E-state index in [-0.39, 0.29) is 17.7 Å². The molecule has 2 N–H and O–H groups in total. The maximum absolute atomic E-state index is 12.4. The van der Waals surface area contributed by atoms with Crippen LogP contribution >= 0.6 is 11.6 Å². The molecule has 0 aromatic heterocycles. The molecule has 0 amide bonds. The monoisotopic (exact) mass is 234 g/mol. The molecule has 0 aliphatic heterocycles. The number of hydrogen-bond donors (Lipinski definition) is 1. The standard InChI is InChI=1S/C9H6ClF3N2/c10-8-2-6(4-15)5(3-14)1-7(8)9(11,12)13/h1-2H,3,14H2. The highest BCUT2D eigenvalue weighted by molar-refractivity contribution is 6.31. The van der Waals surface area contributed by atoms with Crippen LogP contribution in [0.1, 0.15) is 16.7 Å². The Morgan fingerprint density at radius 1 is 1.40 bits per heavy atom. The SMILES string of the molecule is N#Cc1cc(Cl)c(C(F)(F)F)cc1CN. The van der Waals surface area contributed by atoms with Crippen molar-refractivity contribution in [3.05, 3.63) is 33.8 Å². The zero-order chi connectivity index (χ0) is 11.6. The molecule has 2 nitrogen and oxygen atoms in total. The quantitative estimate of drug-likeness (QED) is 0.812. The molecule has 1 rings (SSSR count). The molecule has 0 saturated heterocycles. The third kappa shape index (κ3) is 2.41. The Balaban J connectivity index is 3.41. The van der Waals surface area contributed by atoms with Crippen molar-refractivity contribution in [1.82, 2.24) is 0 Å². The number of halogens is 4. The second kappa shape index (κ2) is 4.09. The average molecular weight is 235 g/mol. The third-order valence-corrected chi connectivity index (χ3v) is 2.15. The second-order valence-electron chi connectivity index (χ2n) is 2.80. The lowest BCUT2D eigenvalue weighted by atomic mass is 10.0. The minimum Gasteiger partial charge on any atom is -0.326 e. The normalized spacial score (nSPS) is 11.2. The average Bonchev–Trinajstić information content (AvgIpc) is 2.15. The van der Waals surface area contributed by atoms with Gasteiger partial charge in [0, 0.05) is 6.54 Å². The second-order valence-corrected chi connectivity index (χ2v) is 3.21. The van der Waals surface area contributed by atoms with Crippen LogP contribution in [0.15, 0.2) is 12.1 Å². The summed E-state index contributed by atoms with van der Waals surface area (Å²) in [6.45, 7) is -0.136. The summed E-state index contributed by atoms with van der Waals surface area (Å²) in [5.74, 6) is 0. The first-order valence-electron chi connectivity index (χ1n) is 3.90. The van der Waals surface area contributed by atoms with Gasteiger partial charge in [0.15, 0.2) is 0 Å². The van der Waals surface area contributed by atoms with E-state index in [2.05, 4.69) is 0 Å². The van der Waals surface area contributed by atoms with Crippen LogP contribution in [0.2, 0.25) is 5.02 Å². The number of hydrogen-bond acceptors (Lipinski definition) is 2. The molecule has 0 bridgehead atoms. The van der Waals surface area contributed by atoms with Gasteiger partial charge in [0.05, 0.1) is 22.2 Å². The van der Waals surface area contributed by atoms with E-state index in [0.717, 1.165) is 12.1 Å². The van der Waals surface area contributed by atoms with Gasteiger partial charge in [0.1, 0.15) is 0 Å². The van der Waals surface area contributed by atoms with E-state index in [1.54, 1.807) is 6.07 Å². The summed E-state index contributed by atoms with van der Waals surface area (Å²) in [7, 11) is 0. The number of alkyl halides is 3. The van der Waals surface area contributed by atoms with E-state index < -0.39 is 16.8 Å². The summed E-state index contributed by atoms with van der Waals surface area (Å²) in [5, 5.41) is 8.13. The first-order valence-corrected chi connectivity index (χ1v) is 4.27. The Morgan fingerprint density at radius 3 is 2.40 bits per heavy atom. The van der Waals surface area contributed by atoms with Gasteiger partial charge in [-0.3, -0.25) is 0 Å². The smallest absolute Gasteiger partial charge is 0.326 e. The van der Waals surface area contributed by atoms with Crippen LogP contribution in [0, 0.1) is 11.3 Å². The Bertz CT molecular complexity index is 421. The predicted octanol–water partition coefficient (Wildman–Crippen LogP) is 2.69. The Kier molecular flexibility index (Phi) is 3.22. The van der Waals surface area contributed by atoms with E-state index in [4.69, 9.17) is 22.6 Å². The lowest BCUT2D eigenvalue weighted by molar-refractivity contribution is -0.137. The molecule has 0 fully saturated rings. The molecular formula is C9H6ClF3N2. The summed E-state index contributed by atoms with van der Waals surface area (Å²) in [4.78, 5) is 0. The van der Waals surface area contributed by atoms with E-state index in [1.807, 2.05) is 0 Å². The minimum absolute atomic E-state index is 0.0653. The van der Waals surface area contributed by atoms with Gasteiger partial charge >= 0.3 is 6.18 Å². The maximum atomic E-state index is 12.4. The lowest BCUT2D eigenvalue weighted by Gasteiger charge is -2.11. The van der Waals surface area contributed by atoms with Gasteiger partial charge < -0.3 is 5.73 Å². The predicted molar refractivity (Wildman–Crippen MR) is 49.1 cm³/mol. The van der Waals surface area contributed by atoms with Gasteiger partial charge in [0.25, 0.3) is 0 Å². The number of nitrogens with two attached hydrogens (primary N) is 1. The van der Waals surface area contributed by atoms with Crippen molar-refractivity contribution >= 4 is 11.6 Å². The highest BCUT2D eigenvalue weighted by Gasteiger charge is 2.33. The highest BCUT2D eigenvalue weighted by atomic mass is 35.5. The van der Waals surface area contributed by atoms with Gasteiger partial charge in [-0.15, -0.1) is 0 Å². The molecule has 15 heavy (non-hydrogen) atoms. The van der Waals surface area contributed by atoms with Crippen LogP contribution in [0.3, 0.4) is 0 Å². The topological polar surface area (TPSA) is 49.8 Å². The van der Waals surface area contributed by atoms with E-state index >= 15 is 0 Å². The molecule has 0 radical (unpaired) electrons. The van der Waals surface area contributed by atoms with Crippen molar-refractivity contribution in [1.29, 1.82) is 5.26 Å². The Labute approximate surface area is 89.1 Å². The third-order valence-electron chi connectivity index (χ3n) is 1.84. The molecule has 0 atom stereocenters. The zero-order valence-electron chi connectivity index (χ0n) is 7.40. The van der Waals surface area contributed by atoms with Gasteiger partial charge in [-0.05, 0) is 17.7 Å². The molecule has 0 heterocycles. The Hall–Kier alpha value is -1.25.